The number of rotatable bonds is 34. The summed E-state index contributed by atoms with van der Waals surface area (Å²) in [5.74, 6) is -3.47. The van der Waals surface area contributed by atoms with Crippen molar-refractivity contribution in [2.75, 3.05) is 80.3 Å². The van der Waals surface area contributed by atoms with Gasteiger partial charge in [-0.15, -0.1) is 0 Å². The van der Waals surface area contributed by atoms with Crippen molar-refractivity contribution in [2.24, 2.45) is 0 Å². The molecule has 0 saturated heterocycles. The minimum Gasteiger partial charge on any atom is -0.459 e. The van der Waals surface area contributed by atoms with Crippen molar-refractivity contribution >= 4 is 29.8 Å². The number of carbonyl (C=O) groups is 5. The van der Waals surface area contributed by atoms with E-state index in [0.29, 0.717) is 0 Å². The molecule has 0 aliphatic rings. The van der Waals surface area contributed by atoms with Gasteiger partial charge in [-0.25, -0.2) is 63.1 Å². The molecule has 20 nitrogen and oxygen atoms in total. The summed E-state index contributed by atoms with van der Waals surface area (Å²) in [6.07, 6.45) is -4.98. The quantitative estimate of drug-likeness (QED) is 0.0299. The first-order valence-electron chi connectivity index (χ1n) is 17.2. The molecule has 324 valence electrons. The van der Waals surface area contributed by atoms with Crippen LogP contribution >= 0.6 is 0 Å². The number of hydrogen-bond donors (Lipinski definition) is 0. The number of methoxy groups -OCH3 is 2. The number of ether oxygens (including phenoxy) is 7. The monoisotopic (exact) mass is 820 g/mol. The van der Waals surface area contributed by atoms with Crippen LogP contribution in [0.1, 0.15) is 34.6 Å². The molecule has 5 atom stereocenters. The van der Waals surface area contributed by atoms with Crippen molar-refractivity contribution in [2.45, 2.75) is 65.1 Å². The van der Waals surface area contributed by atoms with Crippen LogP contribution in [-0.2, 0) is 96.2 Å². The molecule has 0 aliphatic carbocycles. The SMILES string of the molecule is C=C(C)C(=O)OCC(COOC(COOC(COOC(COOC(COC)COC(=O)C(=C)C)COC(=O)C(=C)C)COC(=O)C(=C)C)COC(=O)C(=C)C)OC. The predicted molar refractivity (Wildman–Crippen MR) is 195 cm³/mol. The maximum absolute atomic E-state index is 12.1. The van der Waals surface area contributed by atoms with E-state index in [9.17, 15) is 24.0 Å². The van der Waals surface area contributed by atoms with Crippen molar-refractivity contribution < 1.29 is 96.2 Å². The van der Waals surface area contributed by atoms with Crippen molar-refractivity contribution in [1.82, 2.24) is 0 Å². The van der Waals surface area contributed by atoms with E-state index in [4.69, 9.17) is 72.3 Å². The maximum Gasteiger partial charge on any atom is 0.333 e. The van der Waals surface area contributed by atoms with Crippen LogP contribution in [0.15, 0.2) is 60.8 Å². The van der Waals surface area contributed by atoms with Gasteiger partial charge < -0.3 is 33.2 Å². The Bertz CT molecular complexity index is 1340. The fourth-order valence-electron chi connectivity index (χ4n) is 3.09. The molecule has 57 heavy (non-hydrogen) atoms. The number of carbonyl (C=O) groups excluding carboxylic acids is 5. The Balaban J connectivity index is 5.60. The Kier molecular flexibility index (Phi) is 28.4. The molecular weight excluding hydrogens is 764 g/mol. The van der Waals surface area contributed by atoms with Gasteiger partial charge in [0.2, 0.25) is 0 Å². The lowest BCUT2D eigenvalue weighted by atomic mass is 10.3. The summed E-state index contributed by atoms with van der Waals surface area (Å²) >= 11 is 0. The zero-order valence-corrected chi connectivity index (χ0v) is 33.7. The smallest absolute Gasteiger partial charge is 0.333 e. The normalized spacial score (nSPS) is 13.5. The number of hydrogen-bond acceptors (Lipinski definition) is 20. The predicted octanol–water partition coefficient (Wildman–Crippen LogP) is 2.51. The Hall–Kier alpha value is -4.35. The molecule has 0 rings (SSSR count). The summed E-state index contributed by atoms with van der Waals surface area (Å²) in [6.45, 7) is 21.7. The van der Waals surface area contributed by atoms with E-state index in [1.165, 1.54) is 48.8 Å². The zero-order chi connectivity index (χ0) is 43.3. The largest absolute Gasteiger partial charge is 0.459 e. The van der Waals surface area contributed by atoms with Gasteiger partial charge in [0.25, 0.3) is 0 Å². The first-order chi connectivity index (χ1) is 26.9. The van der Waals surface area contributed by atoms with Crippen molar-refractivity contribution in [3.63, 3.8) is 0 Å². The first-order valence-corrected chi connectivity index (χ1v) is 17.2. The highest BCUT2D eigenvalue weighted by molar-refractivity contribution is 5.88. The fraction of sp³-hybridized carbons (Fsp3) is 0.595. The van der Waals surface area contributed by atoms with Gasteiger partial charge in [-0.05, 0) is 34.6 Å². The van der Waals surface area contributed by atoms with E-state index in [-0.39, 0.29) is 67.5 Å². The summed E-state index contributed by atoms with van der Waals surface area (Å²) in [5.41, 5.74) is 0.697. The average Bonchev–Trinajstić information content (AvgIpc) is 3.16. The molecular formula is C37H56O20. The van der Waals surface area contributed by atoms with Crippen molar-refractivity contribution in [3.8, 4) is 0 Å². The third-order valence-corrected chi connectivity index (χ3v) is 6.26. The lowest BCUT2D eigenvalue weighted by Crippen LogP contribution is -2.34. The van der Waals surface area contributed by atoms with Crippen LogP contribution < -0.4 is 0 Å². The lowest BCUT2D eigenvalue weighted by Gasteiger charge is -2.22. The fourth-order valence-corrected chi connectivity index (χ4v) is 3.09. The third-order valence-electron chi connectivity index (χ3n) is 6.26. The first kappa shape index (κ1) is 52.6. The summed E-state index contributed by atoms with van der Waals surface area (Å²) in [7, 11) is 2.76. The molecule has 20 heteroatoms. The Morgan fingerprint density at radius 3 is 0.772 bits per heavy atom. The standard InChI is InChI=1S/C37H56O20/c1-23(2)33(38)45-14-28(44-12)19-50-55-30(16-47-35(40)25(5)6)21-52-57-32(18-49-37(42)27(9)10)22-53-56-31(17-48-36(41)26(7)8)20-51-54-29(13-43-11)15-46-34(39)24(3)4/h28-32H,1,3,5,7,9,13-22H2,2,4,6,8,10-12H3. The third kappa shape index (κ3) is 26.2. The molecule has 0 radical (unpaired) electrons. The molecule has 0 aromatic rings. The number of esters is 5. The van der Waals surface area contributed by atoms with Gasteiger partial charge in [-0.2, -0.15) is 0 Å². The van der Waals surface area contributed by atoms with E-state index < -0.39 is 86.8 Å². The Morgan fingerprint density at radius 2 is 0.561 bits per heavy atom. The van der Waals surface area contributed by atoms with Crippen LogP contribution in [-0.4, -0.2) is 141 Å². The van der Waals surface area contributed by atoms with Crippen LogP contribution in [0.2, 0.25) is 0 Å². The van der Waals surface area contributed by atoms with E-state index in [1.54, 1.807) is 0 Å². The second-order valence-electron chi connectivity index (χ2n) is 12.2. The van der Waals surface area contributed by atoms with Gasteiger partial charge in [0.05, 0.1) is 6.61 Å². The summed E-state index contributed by atoms with van der Waals surface area (Å²) in [5, 5.41) is 0. The van der Waals surface area contributed by atoms with Crippen LogP contribution in [0.5, 0.6) is 0 Å². The van der Waals surface area contributed by atoms with E-state index >= 15 is 0 Å². The molecule has 0 heterocycles. The van der Waals surface area contributed by atoms with Crippen LogP contribution in [0.25, 0.3) is 0 Å². The molecule has 0 amide bonds. The van der Waals surface area contributed by atoms with Crippen molar-refractivity contribution in [1.29, 1.82) is 0 Å². The Labute approximate surface area is 332 Å². The highest BCUT2D eigenvalue weighted by atomic mass is 17.2. The topological polar surface area (TPSA) is 224 Å². The molecule has 0 spiro atoms. The highest BCUT2D eigenvalue weighted by Gasteiger charge is 2.23. The maximum atomic E-state index is 12.1. The van der Waals surface area contributed by atoms with E-state index in [0.717, 1.165) is 0 Å². The second kappa shape index (κ2) is 30.7. The van der Waals surface area contributed by atoms with Gasteiger partial charge in [0.15, 0.2) is 24.4 Å². The molecule has 0 aliphatic heterocycles. The van der Waals surface area contributed by atoms with Crippen LogP contribution in [0, 0.1) is 0 Å². The molecule has 0 saturated carbocycles. The van der Waals surface area contributed by atoms with Crippen LogP contribution in [0.3, 0.4) is 0 Å². The van der Waals surface area contributed by atoms with Gasteiger partial charge in [-0.3, -0.25) is 0 Å². The summed E-state index contributed by atoms with van der Waals surface area (Å²) in [6, 6.07) is 0. The highest BCUT2D eigenvalue weighted by Crippen LogP contribution is 2.09. The van der Waals surface area contributed by atoms with Gasteiger partial charge >= 0.3 is 29.8 Å². The zero-order valence-electron chi connectivity index (χ0n) is 33.7. The van der Waals surface area contributed by atoms with E-state index in [2.05, 4.69) is 32.9 Å². The molecule has 0 bridgehead atoms. The minimum atomic E-state index is -1.17. The summed E-state index contributed by atoms with van der Waals surface area (Å²) < 4.78 is 35.9. The van der Waals surface area contributed by atoms with Gasteiger partial charge in [0.1, 0.15) is 65.6 Å². The summed E-state index contributed by atoms with van der Waals surface area (Å²) in [4.78, 5) is 102. The van der Waals surface area contributed by atoms with Crippen LogP contribution in [0.4, 0.5) is 0 Å². The van der Waals surface area contributed by atoms with Gasteiger partial charge in [-0.1, -0.05) is 32.9 Å². The molecule has 0 N–H and O–H groups in total. The van der Waals surface area contributed by atoms with Gasteiger partial charge in [0, 0.05) is 42.1 Å². The average molecular weight is 821 g/mol. The Morgan fingerprint density at radius 1 is 0.351 bits per heavy atom. The minimum absolute atomic E-state index is 0.0208. The molecule has 0 aromatic carbocycles. The van der Waals surface area contributed by atoms with E-state index in [1.807, 2.05) is 0 Å². The molecule has 5 unspecified atom stereocenters. The van der Waals surface area contributed by atoms with Crippen molar-refractivity contribution in [3.05, 3.63) is 60.8 Å². The lowest BCUT2D eigenvalue weighted by molar-refractivity contribution is -0.412. The second-order valence-corrected chi connectivity index (χ2v) is 12.2. The molecule has 0 aromatic heterocycles. The molecule has 0 fully saturated rings.